The lowest BCUT2D eigenvalue weighted by Crippen LogP contribution is -2.42. The van der Waals surface area contributed by atoms with E-state index >= 15 is 0 Å². The Labute approximate surface area is 232 Å². The molecule has 6 rings (SSSR count). The van der Waals surface area contributed by atoms with Crippen molar-refractivity contribution in [3.63, 3.8) is 0 Å². The standard InChI is InChI=1S/C28H37F2N7O3/c1-28(16-32-34(3)17-28)21-13-18-5-4-9-36(23(18)14-24(21)40-26(29)30)25-20-15-35(27(38)31-2)10-6-22(20)37(33-25)19-7-11-39-12-8-19/h13-14,16,19,26H,4-12,15,17H2,1-3H3,(H,31,38). The van der Waals surface area contributed by atoms with Gasteiger partial charge in [-0.15, -0.1) is 0 Å². The molecule has 1 aromatic heterocycles. The molecule has 0 radical (unpaired) electrons. The molecule has 4 aliphatic rings. The van der Waals surface area contributed by atoms with Crippen molar-refractivity contribution >= 4 is 23.8 Å². The lowest BCUT2D eigenvalue weighted by Gasteiger charge is -2.34. The number of nitrogens with zero attached hydrogens (tertiary/aromatic N) is 6. The number of anilines is 2. The molecule has 0 spiro atoms. The zero-order chi connectivity index (χ0) is 28.0. The minimum Gasteiger partial charge on any atom is -0.434 e. The Bertz CT molecular complexity index is 1310. The number of carbonyl (C=O) groups excluding carboxylic acids is 1. The molecule has 12 heteroatoms. The lowest BCUT2D eigenvalue weighted by molar-refractivity contribution is -0.0507. The average Bonchev–Trinajstić information content (AvgIpc) is 3.51. The highest BCUT2D eigenvalue weighted by atomic mass is 19.3. The number of fused-ring (bicyclic) bond motifs is 2. The number of aryl methyl sites for hydroxylation is 1. The maximum atomic E-state index is 13.7. The van der Waals surface area contributed by atoms with Gasteiger partial charge in [0.05, 0.1) is 24.5 Å². The molecule has 4 aliphatic heterocycles. The number of rotatable bonds is 5. The molecule has 1 aromatic carbocycles. The minimum atomic E-state index is -2.95. The third kappa shape index (κ3) is 4.76. The molecular weight excluding hydrogens is 520 g/mol. The van der Waals surface area contributed by atoms with Gasteiger partial charge in [0.1, 0.15) is 5.75 Å². The summed E-state index contributed by atoms with van der Waals surface area (Å²) >= 11 is 0. The van der Waals surface area contributed by atoms with Crippen LogP contribution in [0.2, 0.25) is 0 Å². The van der Waals surface area contributed by atoms with Crippen LogP contribution in [0.4, 0.5) is 25.1 Å². The van der Waals surface area contributed by atoms with Gasteiger partial charge in [0.25, 0.3) is 0 Å². The number of hydrogen-bond donors (Lipinski definition) is 1. The number of carbonyl (C=O) groups is 1. The number of likely N-dealkylation sites (N-methyl/N-ethyl adjacent to an activating group) is 1. The number of amides is 2. The van der Waals surface area contributed by atoms with Crippen molar-refractivity contribution in [2.45, 2.75) is 63.6 Å². The maximum absolute atomic E-state index is 13.7. The summed E-state index contributed by atoms with van der Waals surface area (Å²) in [5.41, 5.74) is 4.23. The number of benzene rings is 1. The Morgan fingerprint density at radius 3 is 2.73 bits per heavy atom. The second-order valence-corrected chi connectivity index (χ2v) is 11.4. The fraction of sp³-hybridized carbons (Fsp3) is 0.607. The van der Waals surface area contributed by atoms with E-state index in [4.69, 9.17) is 14.6 Å². The van der Waals surface area contributed by atoms with Crippen LogP contribution in [-0.4, -0.2) is 85.5 Å². The van der Waals surface area contributed by atoms with Gasteiger partial charge in [-0.25, -0.2) is 4.79 Å². The highest BCUT2D eigenvalue weighted by molar-refractivity contribution is 5.80. The molecule has 40 heavy (non-hydrogen) atoms. The predicted molar refractivity (Wildman–Crippen MR) is 147 cm³/mol. The normalized spacial score (nSPS) is 23.0. The van der Waals surface area contributed by atoms with E-state index in [0.29, 0.717) is 51.4 Å². The fourth-order valence-corrected chi connectivity index (χ4v) is 6.62. The number of aromatic nitrogens is 2. The van der Waals surface area contributed by atoms with Gasteiger partial charge in [0.2, 0.25) is 0 Å². The van der Waals surface area contributed by atoms with Crippen molar-refractivity contribution in [2.75, 3.05) is 51.8 Å². The summed E-state index contributed by atoms with van der Waals surface area (Å²) in [5, 5.41) is 14.1. The number of halogens is 2. The number of urea groups is 1. The number of ether oxygens (including phenoxy) is 2. The zero-order valence-electron chi connectivity index (χ0n) is 23.3. The molecule has 1 fully saturated rings. The molecule has 216 valence electrons. The molecule has 0 saturated carbocycles. The van der Waals surface area contributed by atoms with Gasteiger partial charge in [-0.3, -0.25) is 9.69 Å². The molecule has 2 amide bonds. The second kappa shape index (κ2) is 10.5. The molecule has 2 aromatic rings. The zero-order valence-corrected chi connectivity index (χ0v) is 23.3. The molecular formula is C28H37F2N7O3. The molecule has 1 saturated heterocycles. The SMILES string of the molecule is CNC(=O)N1CCc2c(c(N3CCCc4cc(C5(C)C=NN(C)C5)c(OC(F)F)cc43)nn2C2CCOCC2)C1. The van der Waals surface area contributed by atoms with Crippen molar-refractivity contribution in [3.05, 3.63) is 34.5 Å². The van der Waals surface area contributed by atoms with E-state index in [2.05, 4.69) is 20.0 Å². The summed E-state index contributed by atoms with van der Waals surface area (Å²) in [7, 11) is 3.51. The third-order valence-corrected chi connectivity index (χ3v) is 8.59. The van der Waals surface area contributed by atoms with Gasteiger partial charge in [-0.1, -0.05) is 0 Å². The summed E-state index contributed by atoms with van der Waals surface area (Å²) in [4.78, 5) is 16.5. The van der Waals surface area contributed by atoms with Crippen LogP contribution in [0.25, 0.3) is 0 Å². The Kier molecular flexibility index (Phi) is 7.05. The van der Waals surface area contributed by atoms with Crippen LogP contribution in [0, 0.1) is 0 Å². The quantitative estimate of drug-likeness (QED) is 0.602. The van der Waals surface area contributed by atoms with Gasteiger partial charge in [-0.05, 0) is 44.2 Å². The van der Waals surface area contributed by atoms with Crippen molar-refractivity contribution in [3.8, 4) is 5.75 Å². The van der Waals surface area contributed by atoms with E-state index in [1.165, 1.54) is 0 Å². The van der Waals surface area contributed by atoms with E-state index in [1.807, 2.05) is 31.3 Å². The van der Waals surface area contributed by atoms with Crippen LogP contribution >= 0.6 is 0 Å². The van der Waals surface area contributed by atoms with Gasteiger partial charge < -0.3 is 24.6 Å². The van der Waals surface area contributed by atoms with E-state index in [-0.39, 0.29) is 17.8 Å². The Morgan fingerprint density at radius 1 is 1.23 bits per heavy atom. The number of nitrogens with one attached hydrogen (secondary N) is 1. The van der Waals surface area contributed by atoms with Crippen LogP contribution in [0.5, 0.6) is 5.75 Å². The van der Waals surface area contributed by atoms with E-state index < -0.39 is 12.0 Å². The summed E-state index contributed by atoms with van der Waals surface area (Å²) in [5.74, 6) is 0.954. The monoisotopic (exact) mass is 557 g/mol. The van der Waals surface area contributed by atoms with Crippen LogP contribution in [0.3, 0.4) is 0 Å². The smallest absolute Gasteiger partial charge is 0.387 e. The molecule has 0 aliphatic carbocycles. The first-order valence-corrected chi connectivity index (χ1v) is 14.1. The van der Waals surface area contributed by atoms with Crippen molar-refractivity contribution in [1.29, 1.82) is 0 Å². The number of hydrogen-bond acceptors (Lipinski definition) is 7. The second-order valence-electron chi connectivity index (χ2n) is 11.4. The van der Waals surface area contributed by atoms with Crippen molar-refractivity contribution in [2.24, 2.45) is 5.10 Å². The molecule has 1 N–H and O–H groups in total. The lowest BCUT2D eigenvalue weighted by atomic mass is 9.81. The van der Waals surface area contributed by atoms with Crippen molar-refractivity contribution < 1.29 is 23.0 Å². The predicted octanol–water partition coefficient (Wildman–Crippen LogP) is 3.81. The van der Waals surface area contributed by atoms with E-state index in [1.54, 1.807) is 18.0 Å². The van der Waals surface area contributed by atoms with Gasteiger partial charge in [0.15, 0.2) is 5.82 Å². The first-order valence-electron chi connectivity index (χ1n) is 14.1. The molecule has 0 bridgehead atoms. The molecule has 1 unspecified atom stereocenters. The maximum Gasteiger partial charge on any atom is 0.387 e. The minimum absolute atomic E-state index is 0.122. The number of alkyl halides is 2. The Morgan fingerprint density at radius 2 is 2.02 bits per heavy atom. The average molecular weight is 558 g/mol. The largest absolute Gasteiger partial charge is 0.434 e. The molecule has 10 nitrogen and oxygen atoms in total. The van der Waals surface area contributed by atoms with Crippen molar-refractivity contribution in [1.82, 2.24) is 25.0 Å². The van der Waals surface area contributed by atoms with Gasteiger partial charge >= 0.3 is 12.6 Å². The van der Waals surface area contributed by atoms with E-state index in [0.717, 1.165) is 54.0 Å². The van der Waals surface area contributed by atoms with Crippen LogP contribution < -0.4 is 15.0 Å². The van der Waals surface area contributed by atoms with E-state index in [9.17, 15) is 13.6 Å². The Hall–Kier alpha value is -3.41. The summed E-state index contributed by atoms with van der Waals surface area (Å²) in [6.07, 6.45) is 6.00. The van der Waals surface area contributed by atoms with Crippen LogP contribution in [0.15, 0.2) is 17.2 Å². The first kappa shape index (κ1) is 26.8. The molecule has 1 atom stereocenters. The van der Waals surface area contributed by atoms with Crippen LogP contribution in [0.1, 0.15) is 54.6 Å². The van der Waals surface area contributed by atoms with Gasteiger partial charge in [0, 0.05) is 81.6 Å². The third-order valence-electron chi connectivity index (χ3n) is 8.59. The van der Waals surface area contributed by atoms with Gasteiger partial charge in [-0.2, -0.15) is 19.0 Å². The highest BCUT2D eigenvalue weighted by Gasteiger charge is 2.38. The Balaban J connectivity index is 1.45. The summed E-state index contributed by atoms with van der Waals surface area (Å²) < 4.78 is 40.3. The topological polar surface area (TPSA) is 87.5 Å². The molecule has 5 heterocycles. The first-order chi connectivity index (χ1) is 19.3. The summed E-state index contributed by atoms with van der Waals surface area (Å²) in [6.45, 7) is 2.77. The number of hydrazone groups is 1. The summed E-state index contributed by atoms with van der Waals surface area (Å²) in [6, 6.07) is 3.88. The fourth-order valence-electron chi connectivity index (χ4n) is 6.62. The van der Waals surface area contributed by atoms with Crippen LogP contribution in [-0.2, 0) is 29.5 Å². The highest BCUT2D eigenvalue weighted by Crippen LogP contribution is 2.45.